The molecule has 0 saturated heterocycles. The first kappa shape index (κ1) is 14.3. The van der Waals surface area contributed by atoms with E-state index in [4.69, 9.17) is 4.74 Å². The average Bonchev–Trinajstić information content (AvgIpc) is 2.45. The van der Waals surface area contributed by atoms with Gasteiger partial charge >= 0.3 is 0 Å². The van der Waals surface area contributed by atoms with E-state index in [9.17, 15) is 9.59 Å². The molecule has 2 rings (SSSR count). The number of methoxy groups -OCH3 is 1. The van der Waals surface area contributed by atoms with Gasteiger partial charge in [0.05, 0.1) is 18.2 Å². The average molecular weight is 273 g/mol. The van der Waals surface area contributed by atoms with Crippen LogP contribution in [0, 0.1) is 0 Å². The van der Waals surface area contributed by atoms with E-state index in [1.165, 1.54) is 7.11 Å². The van der Waals surface area contributed by atoms with Crippen LogP contribution < -0.4 is 10.3 Å². The predicted molar refractivity (Wildman–Crippen MR) is 79.7 cm³/mol. The number of aryl methyl sites for hydroxylation is 1. The van der Waals surface area contributed by atoms with Gasteiger partial charge < -0.3 is 9.72 Å². The number of hydrogen-bond donors (Lipinski definition) is 1. The molecule has 4 nitrogen and oxygen atoms in total. The number of rotatable bonds is 6. The third-order valence-corrected chi connectivity index (χ3v) is 3.49. The van der Waals surface area contributed by atoms with E-state index < -0.39 is 0 Å². The van der Waals surface area contributed by atoms with Crippen molar-refractivity contribution in [2.75, 3.05) is 7.11 Å². The van der Waals surface area contributed by atoms with Crippen LogP contribution in [0.4, 0.5) is 0 Å². The van der Waals surface area contributed by atoms with Gasteiger partial charge in [-0.1, -0.05) is 19.8 Å². The van der Waals surface area contributed by atoms with Gasteiger partial charge in [-0.25, -0.2) is 0 Å². The number of pyridine rings is 1. The Morgan fingerprint density at radius 2 is 2.10 bits per heavy atom. The van der Waals surface area contributed by atoms with Gasteiger partial charge in [-0.05, 0) is 30.5 Å². The molecule has 2 aromatic rings. The van der Waals surface area contributed by atoms with E-state index in [0.29, 0.717) is 16.8 Å². The van der Waals surface area contributed by atoms with Crippen molar-refractivity contribution in [3.8, 4) is 5.75 Å². The van der Waals surface area contributed by atoms with Crippen LogP contribution in [-0.4, -0.2) is 18.4 Å². The van der Waals surface area contributed by atoms with Crippen molar-refractivity contribution in [3.05, 3.63) is 39.7 Å². The smallest absolute Gasteiger partial charge is 0.248 e. The highest BCUT2D eigenvalue weighted by Crippen LogP contribution is 2.27. The highest BCUT2D eigenvalue weighted by atomic mass is 16.5. The molecule has 1 N–H and O–H groups in total. The highest BCUT2D eigenvalue weighted by Gasteiger charge is 2.11. The maximum atomic E-state index is 11.8. The second-order valence-corrected chi connectivity index (χ2v) is 4.84. The molecule has 0 radical (unpaired) electrons. The molecular weight excluding hydrogens is 254 g/mol. The number of fused-ring (bicyclic) bond motifs is 1. The second kappa shape index (κ2) is 6.37. The summed E-state index contributed by atoms with van der Waals surface area (Å²) >= 11 is 0. The Kier molecular flexibility index (Phi) is 4.56. The number of carbonyl (C=O) groups excluding carboxylic acids is 1. The molecule has 1 aromatic carbocycles. The molecule has 20 heavy (non-hydrogen) atoms. The number of hydrogen-bond acceptors (Lipinski definition) is 3. The van der Waals surface area contributed by atoms with Crippen LogP contribution in [0.15, 0.2) is 23.0 Å². The molecule has 106 valence electrons. The Labute approximate surface area is 117 Å². The van der Waals surface area contributed by atoms with Gasteiger partial charge in [0.15, 0.2) is 6.29 Å². The molecule has 1 heterocycles. The summed E-state index contributed by atoms with van der Waals surface area (Å²) in [4.78, 5) is 25.8. The fourth-order valence-electron chi connectivity index (χ4n) is 2.47. The van der Waals surface area contributed by atoms with Crippen molar-refractivity contribution >= 4 is 17.2 Å². The fraction of sp³-hybridized carbons (Fsp3) is 0.375. The zero-order valence-electron chi connectivity index (χ0n) is 11.9. The first-order chi connectivity index (χ1) is 9.71. The Hall–Kier alpha value is -2.10. The minimum atomic E-state index is -0.180. The third-order valence-electron chi connectivity index (χ3n) is 3.49. The van der Waals surface area contributed by atoms with Crippen LogP contribution in [0.5, 0.6) is 5.75 Å². The van der Waals surface area contributed by atoms with Gasteiger partial charge in [-0.15, -0.1) is 0 Å². The van der Waals surface area contributed by atoms with Crippen LogP contribution >= 0.6 is 0 Å². The van der Waals surface area contributed by atoms with Crippen LogP contribution in [0.1, 0.15) is 42.1 Å². The van der Waals surface area contributed by atoms with Gasteiger partial charge in [-0.3, -0.25) is 9.59 Å². The predicted octanol–water partition coefficient (Wildman–Crippen LogP) is 3.08. The number of benzene rings is 1. The minimum absolute atomic E-state index is 0.180. The van der Waals surface area contributed by atoms with E-state index >= 15 is 0 Å². The number of unbranched alkanes of at least 4 members (excludes halogenated alkanes) is 2. The van der Waals surface area contributed by atoms with E-state index in [1.807, 2.05) is 6.07 Å². The first-order valence-corrected chi connectivity index (χ1v) is 6.89. The summed E-state index contributed by atoms with van der Waals surface area (Å²) in [5, 5.41) is 0.920. The number of H-pyrrole nitrogens is 1. The number of nitrogens with one attached hydrogen (secondary N) is 1. The summed E-state index contributed by atoms with van der Waals surface area (Å²) in [5.41, 5.74) is 1.78. The molecule has 0 unspecified atom stereocenters. The largest absolute Gasteiger partial charge is 0.496 e. The summed E-state index contributed by atoms with van der Waals surface area (Å²) in [5.74, 6) is 0.480. The molecule has 0 fully saturated rings. The molecule has 1 aromatic heterocycles. The number of aldehydes is 1. The van der Waals surface area contributed by atoms with E-state index in [2.05, 4.69) is 11.9 Å². The Balaban J connectivity index is 2.60. The molecule has 0 aliphatic carbocycles. The summed E-state index contributed by atoms with van der Waals surface area (Å²) in [6, 6.07) is 5.30. The molecule has 0 amide bonds. The molecular formula is C16H19NO3. The lowest BCUT2D eigenvalue weighted by Gasteiger charge is -2.10. The topological polar surface area (TPSA) is 59.2 Å². The summed E-state index contributed by atoms with van der Waals surface area (Å²) in [6.45, 7) is 2.14. The fourth-order valence-corrected chi connectivity index (χ4v) is 2.47. The van der Waals surface area contributed by atoms with E-state index in [0.717, 1.165) is 42.9 Å². The minimum Gasteiger partial charge on any atom is -0.496 e. The molecule has 0 saturated carbocycles. The highest BCUT2D eigenvalue weighted by molar-refractivity contribution is 5.99. The SMILES string of the molecule is CCCCCc1cc(=O)[nH]c2c(C=O)c(OC)ccc12. The van der Waals surface area contributed by atoms with Crippen LogP contribution in [-0.2, 0) is 6.42 Å². The monoisotopic (exact) mass is 273 g/mol. The van der Waals surface area contributed by atoms with Gasteiger partial charge in [-0.2, -0.15) is 0 Å². The van der Waals surface area contributed by atoms with Crippen molar-refractivity contribution < 1.29 is 9.53 Å². The van der Waals surface area contributed by atoms with Crippen molar-refractivity contribution in [2.24, 2.45) is 0 Å². The number of aromatic amines is 1. The lowest BCUT2D eigenvalue weighted by atomic mass is 10.0. The van der Waals surface area contributed by atoms with Gasteiger partial charge in [0, 0.05) is 11.5 Å². The summed E-state index contributed by atoms with van der Waals surface area (Å²) in [7, 11) is 1.51. The molecule has 0 spiro atoms. The maximum absolute atomic E-state index is 11.8. The van der Waals surface area contributed by atoms with Crippen LogP contribution in [0.3, 0.4) is 0 Å². The van der Waals surface area contributed by atoms with Crippen molar-refractivity contribution in [1.29, 1.82) is 0 Å². The first-order valence-electron chi connectivity index (χ1n) is 6.89. The summed E-state index contributed by atoms with van der Waals surface area (Å²) in [6.07, 6.45) is 4.88. The standard InChI is InChI=1S/C16H19NO3/c1-3-4-5-6-11-9-15(19)17-16-12(11)7-8-14(20-2)13(16)10-18/h7-10H,3-6H2,1-2H3,(H,17,19). The van der Waals surface area contributed by atoms with Crippen LogP contribution in [0.25, 0.3) is 10.9 Å². The third kappa shape index (κ3) is 2.74. The number of carbonyl (C=O) groups is 1. The van der Waals surface area contributed by atoms with E-state index in [1.54, 1.807) is 12.1 Å². The van der Waals surface area contributed by atoms with Crippen molar-refractivity contribution in [2.45, 2.75) is 32.6 Å². The zero-order chi connectivity index (χ0) is 14.5. The second-order valence-electron chi connectivity index (χ2n) is 4.84. The lowest BCUT2D eigenvalue weighted by molar-refractivity contribution is 0.112. The normalized spacial score (nSPS) is 10.7. The number of ether oxygens (including phenoxy) is 1. The zero-order valence-corrected chi connectivity index (χ0v) is 11.9. The van der Waals surface area contributed by atoms with Gasteiger partial charge in [0.25, 0.3) is 0 Å². The molecule has 0 bridgehead atoms. The summed E-state index contributed by atoms with van der Waals surface area (Å²) < 4.78 is 5.17. The van der Waals surface area contributed by atoms with Crippen LogP contribution in [0.2, 0.25) is 0 Å². The maximum Gasteiger partial charge on any atom is 0.248 e. The van der Waals surface area contributed by atoms with Crippen molar-refractivity contribution in [3.63, 3.8) is 0 Å². The number of aromatic nitrogens is 1. The van der Waals surface area contributed by atoms with E-state index in [-0.39, 0.29) is 5.56 Å². The Bertz CT molecular complexity index is 673. The van der Waals surface area contributed by atoms with Gasteiger partial charge in [0.1, 0.15) is 5.75 Å². The van der Waals surface area contributed by atoms with Gasteiger partial charge in [0.2, 0.25) is 5.56 Å². The molecule has 0 atom stereocenters. The Morgan fingerprint density at radius 1 is 1.30 bits per heavy atom. The molecule has 0 aliphatic heterocycles. The lowest BCUT2D eigenvalue weighted by Crippen LogP contribution is -2.09. The molecule has 4 heteroatoms. The quantitative estimate of drug-likeness (QED) is 0.650. The molecule has 0 aliphatic rings. The van der Waals surface area contributed by atoms with Crippen molar-refractivity contribution in [1.82, 2.24) is 4.98 Å². The Morgan fingerprint density at radius 3 is 2.75 bits per heavy atom.